The van der Waals surface area contributed by atoms with E-state index in [9.17, 15) is 4.79 Å². The zero-order chi connectivity index (χ0) is 19.2. The number of carbonyl (C=O) groups is 1. The fraction of sp³-hybridized carbons (Fsp3) is 0.158. The van der Waals surface area contributed by atoms with Gasteiger partial charge in [-0.15, -0.1) is 15.0 Å². The van der Waals surface area contributed by atoms with Gasteiger partial charge >= 0.3 is 5.97 Å². The van der Waals surface area contributed by atoms with Crippen LogP contribution in [0.15, 0.2) is 59.8 Å². The molecule has 27 heavy (non-hydrogen) atoms. The maximum Gasteiger partial charge on any atom is 0.344 e. The Balaban J connectivity index is 1.92. The van der Waals surface area contributed by atoms with Crippen molar-refractivity contribution >= 4 is 11.9 Å². The smallest absolute Gasteiger partial charge is 0.344 e. The number of rotatable bonds is 5. The molecule has 0 N–H and O–H groups in total. The highest BCUT2D eigenvalue weighted by molar-refractivity contribution is 6.05. The van der Waals surface area contributed by atoms with Gasteiger partial charge < -0.3 is 14.2 Å². The number of methoxy groups -OCH3 is 2. The van der Waals surface area contributed by atoms with Gasteiger partial charge in [-0.2, -0.15) is 0 Å². The summed E-state index contributed by atoms with van der Waals surface area (Å²) in [6, 6.07) is 13.6. The summed E-state index contributed by atoms with van der Waals surface area (Å²) < 4.78 is 15.8. The van der Waals surface area contributed by atoms with Gasteiger partial charge in [0.2, 0.25) is 5.90 Å². The first-order valence-electron chi connectivity index (χ1n) is 8.07. The molecule has 0 aliphatic carbocycles. The lowest BCUT2D eigenvalue weighted by atomic mass is 10.2. The van der Waals surface area contributed by atoms with Crippen LogP contribution in [0.4, 0.5) is 0 Å². The average molecular weight is 366 g/mol. The second-order valence-electron chi connectivity index (χ2n) is 5.52. The number of carbonyl (C=O) groups excluding carboxylic acids is 1. The third-order valence-corrected chi connectivity index (χ3v) is 3.73. The molecule has 0 aliphatic rings. The van der Waals surface area contributed by atoms with Crippen LogP contribution >= 0.6 is 0 Å². The monoisotopic (exact) mass is 366 g/mol. The maximum absolute atomic E-state index is 12.6. The number of nitrogens with zero attached hydrogens (tertiary/aromatic N) is 4. The van der Waals surface area contributed by atoms with Crippen LogP contribution in [0.3, 0.4) is 0 Å². The Hall–Kier alpha value is -3.68. The van der Waals surface area contributed by atoms with Crippen molar-refractivity contribution in [2.24, 2.45) is 5.10 Å². The van der Waals surface area contributed by atoms with Crippen molar-refractivity contribution in [1.82, 2.24) is 15.1 Å². The molecule has 0 spiro atoms. The van der Waals surface area contributed by atoms with Gasteiger partial charge in [0.25, 0.3) is 0 Å². The van der Waals surface area contributed by atoms with Crippen LogP contribution in [0, 0.1) is 6.92 Å². The van der Waals surface area contributed by atoms with E-state index in [0.717, 1.165) is 0 Å². The molecule has 0 fully saturated rings. The number of benzene rings is 2. The molecule has 0 bridgehead atoms. The molecule has 138 valence electrons. The first kappa shape index (κ1) is 18.1. The summed E-state index contributed by atoms with van der Waals surface area (Å²) in [4.78, 5) is 13.8. The van der Waals surface area contributed by atoms with Crippen LogP contribution in [0.5, 0.6) is 11.5 Å². The normalized spacial score (nSPS) is 11.1. The molecule has 2 aromatic carbocycles. The number of esters is 1. The molecule has 0 amide bonds. The van der Waals surface area contributed by atoms with Gasteiger partial charge in [-0.1, -0.05) is 0 Å². The number of aromatic nitrogens is 3. The van der Waals surface area contributed by atoms with E-state index in [1.54, 1.807) is 75.9 Å². The van der Waals surface area contributed by atoms with E-state index in [-0.39, 0.29) is 5.90 Å². The molecule has 0 radical (unpaired) electrons. The summed E-state index contributed by atoms with van der Waals surface area (Å²) in [5.74, 6) is 0.863. The summed E-state index contributed by atoms with van der Waals surface area (Å²) in [7, 11) is 3.13. The Morgan fingerprint density at radius 3 is 1.96 bits per heavy atom. The van der Waals surface area contributed by atoms with Crippen molar-refractivity contribution in [2.45, 2.75) is 6.92 Å². The maximum atomic E-state index is 12.6. The highest BCUT2D eigenvalue weighted by Gasteiger charge is 2.15. The van der Waals surface area contributed by atoms with Gasteiger partial charge in [0.15, 0.2) is 0 Å². The van der Waals surface area contributed by atoms with E-state index >= 15 is 0 Å². The number of aryl methyl sites for hydroxylation is 1. The lowest BCUT2D eigenvalue weighted by molar-refractivity contribution is 0.0716. The third-order valence-electron chi connectivity index (χ3n) is 3.73. The molecular weight excluding hydrogens is 348 g/mol. The summed E-state index contributed by atoms with van der Waals surface area (Å²) >= 11 is 0. The molecule has 3 aromatic rings. The van der Waals surface area contributed by atoms with Crippen molar-refractivity contribution < 1.29 is 19.0 Å². The molecule has 8 heteroatoms. The van der Waals surface area contributed by atoms with Gasteiger partial charge in [-0.3, -0.25) is 0 Å². The van der Waals surface area contributed by atoms with Gasteiger partial charge in [0.1, 0.15) is 11.5 Å². The Bertz CT molecular complexity index is 947. The van der Waals surface area contributed by atoms with Crippen molar-refractivity contribution in [3.63, 3.8) is 0 Å². The predicted molar refractivity (Wildman–Crippen MR) is 98.1 cm³/mol. The molecule has 0 atom stereocenters. The second-order valence-corrected chi connectivity index (χ2v) is 5.52. The van der Waals surface area contributed by atoms with Gasteiger partial charge in [0.05, 0.1) is 31.7 Å². The van der Waals surface area contributed by atoms with Crippen LogP contribution in [0.1, 0.15) is 21.6 Å². The Labute approximate surface area is 156 Å². The van der Waals surface area contributed by atoms with Crippen molar-refractivity contribution in [1.29, 1.82) is 0 Å². The predicted octanol–water partition coefficient (Wildman–Crippen LogP) is 2.67. The molecule has 0 saturated heterocycles. The zero-order valence-electron chi connectivity index (χ0n) is 15.1. The molecule has 0 aliphatic heterocycles. The summed E-state index contributed by atoms with van der Waals surface area (Å²) in [5, 5.41) is 11.9. The topological polar surface area (TPSA) is 87.8 Å². The minimum atomic E-state index is -0.551. The highest BCUT2D eigenvalue weighted by Crippen LogP contribution is 2.16. The first-order valence-corrected chi connectivity index (χ1v) is 8.07. The summed E-state index contributed by atoms with van der Waals surface area (Å²) in [5.41, 5.74) is 1.65. The third kappa shape index (κ3) is 4.30. The van der Waals surface area contributed by atoms with Crippen molar-refractivity contribution in [3.05, 3.63) is 71.5 Å². The lowest BCUT2D eigenvalue weighted by Crippen LogP contribution is -2.16. The number of hydrogen-bond donors (Lipinski definition) is 0. The molecular formula is C19H18N4O4. The van der Waals surface area contributed by atoms with E-state index < -0.39 is 5.97 Å². The van der Waals surface area contributed by atoms with Crippen LogP contribution in [0.25, 0.3) is 0 Å². The molecule has 3 rings (SSSR count). The molecule has 1 aromatic heterocycles. The molecule has 0 saturated carbocycles. The zero-order valence-corrected chi connectivity index (χ0v) is 15.1. The van der Waals surface area contributed by atoms with E-state index in [4.69, 9.17) is 14.2 Å². The molecule has 0 unspecified atom stereocenters. The van der Waals surface area contributed by atoms with E-state index in [0.29, 0.717) is 28.3 Å². The Morgan fingerprint density at radius 2 is 1.48 bits per heavy atom. The second kappa shape index (κ2) is 8.13. The van der Waals surface area contributed by atoms with Crippen molar-refractivity contribution in [2.75, 3.05) is 14.2 Å². The largest absolute Gasteiger partial charge is 0.497 e. The van der Waals surface area contributed by atoms with Crippen LogP contribution < -0.4 is 9.47 Å². The van der Waals surface area contributed by atoms with E-state index in [1.807, 2.05) is 0 Å². The van der Waals surface area contributed by atoms with E-state index in [1.165, 1.54) is 4.79 Å². The quantitative estimate of drug-likeness (QED) is 0.392. The Morgan fingerprint density at radius 1 is 0.926 bits per heavy atom. The fourth-order valence-electron chi connectivity index (χ4n) is 2.21. The summed E-state index contributed by atoms with van der Waals surface area (Å²) in [6.45, 7) is 1.79. The number of hydrogen-bond acceptors (Lipinski definition) is 7. The van der Waals surface area contributed by atoms with Crippen molar-refractivity contribution in [3.8, 4) is 11.5 Å². The lowest BCUT2D eigenvalue weighted by Gasteiger charge is -2.09. The minimum absolute atomic E-state index is 0.0899. The van der Waals surface area contributed by atoms with Crippen LogP contribution in [0.2, 0.25) is 0 Å². The SMILES string of the molecule is COc1ccc(C(=O)O/C(=N\n2nncc2C)c2ccc(OC)cc2)cc1. The first-order chi connectivity index (χ1) is 13.1. The van der Waals surface area contributed by atoms with Crippen LogP contribution in [-0.2, 0) is 4.74 Å². The van der Waals surface area contributed by atoms with E-state index in [2.05, 4.69) is 15.4 Å². The standard InChI is InChI=1S/C19H18N4O4/c1-13-12-20-22-23(13)21-18(14-4-8-16(25-2)9-5-14)27-19(24)15-6-10-17(26-3)11-7-15/h4-12H,1-3H3/b21-18-. The fourth-order valence-corrected chi connectivity index (χ4v) is 2.21. The summed E-state index contributed by atoms with van der Waals surface area (Å²) in [6.07, 6.45) is 1.56. The van der Waals surface area contributed by atoms with Gasteiger partial charge in [-0.05, 0) is 60.7 Å². The highest BCUT2D eigenvalue weighted by atomic mass is 16.5. The molecule has 8 nitrogen and oxygen atoms in total. The van der Waals surface area contributed by atoms with Gasteiger partial charge in [-0.25, -0.2) is 4.79 Å². The number of ether oxygens (including phenoxy) is 3. The average Bonchev–Trinajstić information content (AvgIpc) is 3.12. The molecule has 1 heterocycles. The minimum Gasteiger partial charge on any atom is -0.497 e. The van der Waals surface area contributed by atoms with Crippen LogP contribution in [-0.4, -0.2) is 41.2 Å². The Kier molecular flexibility index (Phi) is 5.46. The van der Waals surface area contributed by atoms with Gasteiger partial charge in [0, 0.05) is 5.56 Å².